The molecule has 180 valence electrons. The predicted octanol–water partition coefficient (Wildman–Crippen LogP) is 4.08. The Bertz CT molecular complexity index is 1660. The third kappa shape index (κ3) is 4.17. The minimum Gasteiger partial charge on any atom is -0.382 e. The molecule has 3 aromatic heterocycles. The van der Waals surface area contributed by atoms with Gasteiger partial charge in [-0.05, 0) is 29.8 Å². The number of halogens is 2. The van der Waals surface area contributed by atoms with E-state index in [1.54, 1.807) is 37.3 Å². The molecule has 2 N–H and O–H groups in total. The highest BCUT2D eigenvalue weighted by Crippen LogP contribution is 2.39. The molecule has 0 spiro atoms. The van der Waals surface area contributed by atoms with Crippen LogP contribution in [0.5, 0.6) is 0 Å². The van der Waals surface area contributed by atoms with Crippen LogP contribution in [0.3, 0.4) is 0 Å². The van der Waals surface area contributed by atoms with Crippen LogP contribution in [0.1, 0.15) is 29.8 Å². The minimum atomic E-state index is -1.96. The van der Waals surface area contributed by atoms with E-state index in [2.05, 4.69) is 26.1 Å². The van der Waals surface area contributed by atoms with E-state index >= 15 is 0 Å². The number of nitriles is 1. The Morgan fingerprint density at radius 2 is 2.00 bits per heavy atom. The van der Waals surface area contributed by atoms with Crippen molar-refractivity contribution in [2.45, 2.75) is 25.0 Å². The van der Waals surface area contributed by atoms with E-state index in [0.717, 1.165) is 16.5 Å². The molecule has 0 bridgehead atoms. The molecule has 0 aliphatic heterocycles. The van der Waals surface area contributed by atoms with Crippen LogP contribution in [-0.2, 0) is 12.1 Å². The van der Waals surface area contributed by atoms with Gasteiger partial charge in [0.25, 0.3) is 5.56 Å². The zero-order chi connectivity index (χ0) is 25.4. The van der Waals surface area contributed by atoms with Gasteiger partial charge >= 0.3 is 0 Å². The second-order valence-electron chi connectivity index (χ2n) is 8.33. The maximum atomic E-state index is 14.9. The number of aromatic nitrogens is 5. The fourth-order valence-corrected chi connectivity index (χ4v) is 5.10. The van der Waals surface area contributed by atoms with Gasteiger partial charge in [0.1, 0.15) is 40.4 Å². The Morgan fingerprint density at radius 3 is 2.67 bits per heavy atom. The maximum Gasteiger partial charge on any atom is 0.268 e. The summed E-state index contributed by atoms with van der Waals surface area (Å²) in [5.41, 5.74) is -0.782. The zero-order valence-corrected chi connectivity index (χ0v) is 19.6. The molecule has 2 aromatic carbocycles. The second kappa shape index (κ2) is 9.07. The molecule has 0 saturated carbocycles. The highest BCUT2D eigenvalue weighted by atomic mass is 32.1. The van der Waals surface area contributed by atoms with Crippen molar-refractivity contribution in [2.75, 3.05) is 0 Å². The normalized spacial score (nSPS) is 13.9. The first-order chi connectivity index (χ1) is 17.3. The van der Waals surface area contributed by atoms with Gasteiger partial charge in [-0.1, -0.05) is 25.1 Å². The summed E-state index contributed by atoms with van der Waals surface area (Å²) >= 11 is 1.25. The first-order valence-electron chi connectivity index (χ1n) is 10.8. The molecule has 8 nitrogen and oxygen atoms in total. The van der Waals surface area contributed by atoms with Gasteiger partial charge in [0.15, 0.2) is 0 Å². The van der Waals surface area contributed by atoms with Gasteiger partial charge in [-0.3, -0.25) is 4.79 Å². The zero-order valence-electron chi connectivity index (χ0n) is 18.8. The molecule has 11 heteroatoms. The third-order valence-corrected chi connectivity index (χ3v) is 7.27. The number of H-pyrrole nitrogens is 1. The predicted molar refractivity (Wildman–Crippen MR) is 129 cm³/mol. The van der Waals surface area contributed by atoms with Gasteiger partial charge in [0.05, 0.1) is 23.7 Å². The third-order valence-electron chi connectivity index (χ3n) is 6.09. The van der Waals surface area contributed by atoms with Crippen molar-refractivity contribution in [3.05, 3.63) is 100 Å². The molecule has 2 atom stereocenters. The summed E-state index contributed by atoms with van der Waals surface area (Å²) in [6.07, 6.45) is 2.63. The fourth-order valence-electron chi connectivity index (χ4n) is 4.10. The van der Waals surface area contributed by atoms with Crippen LogP contribution < -0.4 is 5.56 Å². The molecule has 0 aliphatic carbocycles. The molecule has 0 amide bonds. The molecule has 5 rings (SSSR count). The number of aliphatic hydroxyl groups is 1. The van der Waals surface area contributed by atoms with E-state index in [1.165, 1.54) is 34.7 Å². The van der Waals surface area contributed by atoms with Gasteiger partial charge in [-0.25, -0.2) is 23.4 Å². The van der Waals surface area contributed by atoms with Crippen LogP contribution in [-0.4, -0.2) is 29.8 Å². The molecule has 0 fully saturated rings. The minimum absolute atomic E-state index is 0.128. The number of nitrogens with zero attached hydrogens (tertiary/aromatic N) is 5. The molecule has 0 radical (unpaired) electrons. The van der Waals surface area contributed by atoms with E-state index < -0.39 is 28.7 Å². The number of thiophene rings is 1. The van der Waals surface area contributed by atoms with Crippen molar-refractivity contribution in [3.63, 3.8) is 0 Å². The van der Waals surface area contributed by atoms with Crippen LogP contribution in [0.4, 0.5) is 8.78 Å². The van der Waals surface area contributed by atoms with Crippen LogP contribution >= 0.6 is 11.3 Å². The van der Waals surface area contributed by atoms with Crippen LogP contribution in [0.2, 0.25) is 0 Å². The summed E-state index contributed by atoms with van der Waals surface area (Å²) in [6.45, 7) is 1.37. The maximum absolute atomic E-state index is 14.9. The Hall–Kier alpha value is -4.27. The largest absolute Gasteiger partial charge is 0.382 e. The molecule has 0 aliphatic rings. The fraction of sp³-hybridized carbons (Fsp3) is 0.160. The quantitative estimate of drug-likeness (QED) is 0.359. The van der Waals surface area contributed by atoms with E-state index in [9.17, 15) is 18.7 Å². The lowest BCUT2D eigenvalue weighted by Crippen LogP contribution is -2.39. The van der Waals surface area contributed by atoms with E-state index in [4.69, 9.17) is 5.26 Å². The van der Waals surface area contributed by atoms with E-state index in [-0.39, 0.29) is 17.9 Å². The first kappa shape index (κ1) is 23.5. The lowest BCUT2D eigenvalue weighted by molar-refractivity contribution is -0.0135. The Kier molecular flexibility index (Phi) is 5.91. The van der Waals surface area contributed by atoms with Crippen molar-refractivity contribution < 1.29 is 13.9 Å². The first-order valence-corrected chi connectivity index (χ1v) is 11.6. The number of fused-ring (bicyclic) bond motifs is 1. The van der Waals surface area contributed by atoms with Crippen LogP contribution in [0.25, 0.3) is 20.7 Å². The summed E-state index contributed by atoms with van der Waals surface area (Å²) in [7, 11) is 0. The van der Waals surface area contributed by atoms with Crippen LogP contribution in [0, 0.1) is 23.0 Å². The van der Waals surface area contributed by atoms with Crippen molar-refractivity contribution in [2.24, 2.45) is 0 Å². The highest BCUT2D eigenvalue weighted by Gasteiger charge is 2.41. The highest BCUT2D eigenvalue weighted by molar-refractivity contribution is 7.22. The molecule has 36 heavy (non-hydrogen) atoms. The van der Waals surface area contributed by atoms with Gasteiger partial charge in [0, 0.05) is 22.4 Å². The Labute approximate surface area is 207 Å². The standard InChI is InChI=1S/C25H18F2N6O2S/c1-14(25(35,11-33-13-29-12-30-33)18-7-6-17(26)8-19(18)27)23-31-20-9-21(36-22(20)24(34)32-23)16-4-2-15(10-28)3-5-16/h2-9,12-14,35H,11H2,1H3,(H,31,32,34)/t14-,25-/m1/s1. The number of hydrogen-bond acceptors (Lipinski definition) is 7. The second-order valence-corrected chi connectivity index (χ2v) is 9.38. The van der Waals surface area contributed by atoms with E-state index in [1.807, 2.05) is 0 Å². The SMILES string of the molecule is C[C@H](c1nc2cc(-c3ccc(C#N)cc3)sc2c(=O)[nH]1)[C@](O)(Cn1cncn1)c1ccc(F)cc1F. The molecule has 3 heterocycles. The van der Waals surface area contributed by atoms with Crippen molar-refractivity contribution in [3.8, 4) is 16.5 Å². The van der Waals surface area contributed by atoms with Crippen molar-refractivity contribution in [1.82, 2.24) is 24.7 Å². The van der Waals surface area contributed by atoms with E-state index in [0.29, 0.717) is 21.8 Å². The van der Waals surface area contributed by atoms with Gasteiger partial charge in [0.2, 0.25) is 0 Å². The smallest absolute Gasteiger partial charge is 0.268 e. The monoisotopic (exact) mass is 504 g/mol. The van der Waals surface area contributed by atoms with Crippen LogP contribution in [0.15, 0.2) is 66.0 Å². The Balaban J connectivity index is 1.60. The van der Waals surface area contributed by atoms with Gasteiger partial charge in [-0.2, -0.15) is 10.4 Å². The Morgan fingerprint density at radius 1 is 1.22 bits per heavy atom. The molecular formula is C25H18F2N6O2S. The average Bonchev–Trinajstić information content (AvgIpc) is 3.53. The van der Waals surface area contributed by atoms with Gasteiger partial charge < -0.3 is 10.1 Å². The number of aromatic amines is 1. The summed E-state index contributed by atoms with van der Waals surface area (Å²) in [6, 6.07) is 13.7. The molecule has 0 saturated heterocycles. The number of benzene rings is 2. The topological polar surface area (TPSA) is 120 Å². The summed E-state index contributed by atoms with van der Waals surface area (Å²) in [5, 5.41) is 24.8. The number of nitrogens with one attached hydrogen (secondary N) is 1. The number of hydrogen-bond donors (Lipinski definition) is 2. The van der Waals surface area contributed by atoms with Gasteiger partial charge in [-0.15, -0.1) is 11.3 Å². The molecule has 5 aromatic rings. The summed E-state index contributed by atoms with van der Waals surface area (Å²) in [4.78, 5) is 24.9. The lowest BCUT2D eigenvalue weighted by Gasteiger charge is -2.34. The molecular weight excluding hydrogens is 486 g/mol. The lowest BCUT2D eigenvalue weighted by atomic mass is 9.81. The average molecular weight is 505 g/mol. The summed E-state index contributed by atoms with van der Waals surface area (Å²) in [5.74, 6) is -2.53. The molecule has 0 unspecified atom stereocenters. The van der Waals surface area contributed by atoms with Crippen molar-refractivity contribution in [1.29, 1.82) is 5.26 Å². The summed E-state index contributed by atoms with van der Waals surface area (Å²) < 4.78 is 30.2. The van der Waals surface area contributed by atoms with Crippen molar-refractivity contribution >= 4 is 21.6 Å². The number of rotatable bonds is 6.